The third kappa shape index (κ3) is 3.24. The van der Waals surface area contributed by atoms with Crippen LogP contribution in [-0.2, 0) is 4.79 Å². The van der Waals surface area contributed by atoms with E-state index in [1.807, 2.05) is 36.5 Å². The van der Waals surface area contributed by atoms with Gasteiger partial charge in [0.25, 0.3) is 0 Å². The quantitative estimate of drug-likeness (QED) is 0.517. The van der Waals surface area contributed by atoms with Crippen LogP contribution in [0.1, 0.15) is 19.8 Å². The Kier molecular flexibility index (Phi) is 4.67. The standard InChI is InChI=1S/C20H20N2O/c1-2-3-13-21-20-12-11-17(14-22(20)15-23)19-10-6-8-16-7-4-5-9-18(16)19/h4-12,14-15H,2-3,13H2,1H3. The van der Waals surface area contributed by atoms with E-state index < -0.39 is 0 Å². The van der Waals surface area contributed by atoms with Crippen molar-refractivity contribution in [2.75, 3.05) is 6.54 Å². The topological polar surface area (TPSA) is 34.4 Å². The molecule has 0 unspecified atom stereocenters. The van der Waals surface area contributed by atoms with E-state index in [2.05, 4.69) is 36.2 Å². The van der Waals surface area contributed by atoms with E-state index in [0.717, 1.165) is 36.9 Å². The smallest absolute Gasteiger partial charge is 0.219 e. The number of carbonyl (C=O) groups is 1. The number of benzene rings is 2. The Morgan fingerprint density at radius 2 is 1.87 bits per heavy atom. The maximum atomic E-state index is 11.4. The molecule has 3 heteroatoms. The van der Waals surface area contributed by atoms with E-state index in [9.17, 15) is 4.79 Å². The Balaban J connectivity index is 2.10. The van der Waals surface area contributed by atoms with Crippen molar-refractivity contribution in [3.8, 4) is 11.1 Å². The Labute approximate surface area is 135 Å². The first-order chi connectivity index (χ1) is 11.3. The molecule has 1 heterocycles. The van der Waals surface area contributed by atoms with Crippen molar-refractivity contribution in [2.24, 2.45) is 4.99 Å². The number of pyridine rings is 1. The van der Waals surface area contributed by atoms with Crippen LogP contribution in [0, 0.1) is 0 Å². The summed E-state index contributed by atoms with van der Waals surface area (Å²) >= 11 is 0. The average molecular weight is 304 g/mol. The summed E-state index contributed by atoms with van der Waals surface area (Å²) in [5.74, 6) is 0. The first-order valence-electron chi connectivity index (χ1n) is 7.99. The van der Waals surface area contributed by atoms with E-state index in [1.54, 1.807) is 4.57 Å². The maximum absolute atomic E-state index is 11.4. The number of hydrogen-bond acceptors (Lipinski definition) is 2. The third-order valence-electron chi connectivity index (χ3n) is 3.95. The summed E-state index contributed by atoms with van der Waals surface area (Å²) in [5, 5.41) is 2.38. The zero-order valence-electron chi connectivity index (χ0n) is 13.3. The molecule has 0 aliphatic rings. The molecular formula is C20H20N2O. The number of hydrogen-bond donors (Lipinski definition) is 0. The molecule has 3 nitrogen and oxygen atoms in total. The minimum atomic E-state index is 0.706. The fourth-order valence-corrected chi connectivity index (χ4v) is 2.72. The van der Waals surface area contributed by atoms with Crippen molar-refractivity contribution in [3.63, 3.8) is 0 Å². The molecule has 0 spiro atoms. The Bertz CT molecular complexity index is 888. The van der Waals surface area contributed by atoms with Crippen LogP contribution in [0.25, 0.3) is 21.9 Å². The molecule has 0 bridgehead atoms. The number of fused-ring (bicyclic) bond motifs is 1. The number of nitrogens with zero attached hydrogens (tertiary/aromatic N) is 2. The summed E-state index contributed by atoms with van der Waals surface area (Å²) in [7, 11) is 0. The van der Waals surface area contributed by atoms with Gasteiger partial charge in [-0.15, -0.1) is 0 Å². The molecule has 3 aromatic rings. The van der Waals surface area contributed by atoms with Crippen molar-refractivity contribution < 1.29 is 4.79 Å². The molecule has 0 atom stereocenters. The summed E-state index contributed by atoms with van der Waals surface area (Å²) in [6.45, 7) is 2.88. The van der Waals surface area contributed by atoms with Crippen molar-refractivity contribution in [2.45, 2.75) is 19.8 Å². The molecule has 0 amide bonds. The van der Waals surface area contributed by atoms with Crippen molar-refractivity contribution >= 4 is 17.2 Å². The van der Waals surface area contributed by atoms with Gasteiger partial charge in [0, 0.05) is 12.7 Å². The highest BCUT2D eigenvalue weighted by atomic mass is 16.1. The van der Waals surface area contributed by atoms with Crippen LogP contribution in [0.15, 0.2) is 65.8 Å². The molecule has 2 aromatic carbocycles. The molecular weight excluding hydrogens is 284 g/mol. The van der Waals surface area contributed by atoms with Gasteiger partial charge in [-0.1, -0.05) is 55.8 Å². The van der Waals surface area contributed by atoms with Crippen molar-refractivity contribution in [1.82, 2.24) is 4.57 Å². The fourth-order valence-electron chi connectivity index (χ4n) is 2.72. The monoisotopic (exact) mass is 304 g/mol. The van der Waals surface area contributed by atoms with Crippen molar-refractivity contribution in [3.05, 3.63) is 66.3 Å². The molecule has 0 N–H and O–H groups in total. The Morgan fingerprint density at radius 3 is 2.70 bits per heavy atom. The van der Waals surface area contributed by atoms with Crippen LogP contribution in [0.3, 0.4) is 0 Å². The Morgan fingerprint density at radius 1 is 1.04 bits per heavy atom. The first kappa shape index (κ1) is 15.2. The lowest BCUT2D eigenvalue weighted by molar-refractivity contribution is 0.544. The van der Waals surface area contributed by atoms with Crippen LogP contribution in [-0.4, -0.2) is 17.5 Å². The van der Waals surface area contributed by atoms with Crippen LogP contribution in [0.5, 0.6) is 0 Å². The number of aromatic nitrogens is 1. The molecule has 23 heavy (non-hydrogen) atoms. The van der Waals surface area contributed by atoms with E-state index in [1.165, 1.54) is 10.8 Å². The van der Waals surface area contributed by atoms with E-state index >= 15 is 0 Å². The highest BCUT2D eigenvalue weighted by Gasteiger charge is 2.04. The molecule has 0 radical (unpaired) electrons. The second kappa shape index (κ2) is 7.05. The predicted octanol–water partition coefficient (Wildman–Crippen LogP) is 4.05. The van der Waals surface area contributed by atoms with Gasteiger partial charge in [0.1, 0.15) is 5.49 Å². The van der Waals surface area contributed by atoms with E-state index in [4.69, 9.17) is 0 Å². The zero-order valence-corrected chi connectivity index (χ0v) is 13.3. The number of carbonyl (C=O) groups excluding carboxylic acids is 1. The predicted molar refractivity (Wildman–Crippen MR) is 94.9 cm³/mol. The van der Waals surface area contributed by atoms with Crippen LogP contribution < -0.4 is 5.49 Å². The van der Waals surface area contributed by atoms with E-state index in [-0.39, 0.29) is 0 Å². The summed E-state index contributed by atoms with van der Waals surface area (Å²) in [6, 6.07) is 18.5. The second-order valence-corrected chi connectivity index (χ2v) is 5.55. The van der Waals surface area contributed by atoms with Gasteiger partial charge in [-0.2, -0.15) is 0 Å². The summed E-state index contributed by atoms with van der Waals surface area (Å²) in [5.41, 5.74) is 2.85. The normalized spacial score (nSPS) is 11.8. The molecule has 0 saturated carbocycles. The molecule has 1 aromatic heterocycles. The Hall–Kier alpha value is -2.68. The van der Waals surface area contributed by atoms with Gasteiger partial charge in [0.2, 0.25) is 6.41 Å². The van der Waals surface area contributed by atoms with Gasteiger partial charge in [0.15, 0.2) is 0 Å². The largest absolute Gasteiger partial charge is 0.278 e. The lowest BCUT2D eigenvalue weighted by Gasteiger charge is -2.08. The summed E-state index contributed by atoms with van der Waals surface area (Å²) in [4.78, 5) is 15.9. The van der Waals surface area contributed by atoms with Crippen LogP contribution in [0.2, 0.25) is 0 Å². The molecule has 0 aliphatic heterocycles. The van der Waals surface area contributed by atoms with Gasteiger partial charge in [-0.05, 0) is 40.5 Å². The third-order valence-corrected chi connectivity index (χ3v) is 3.95. The molecule has 0 fully saturated rings. The fraction of sp³-hybridized carbons (Fsp3) is 0.200. The maximum Gasteiger partial charge on any atom is 0.219 e. The van der Waals surface area contributed by atoms with Gasteiger partial charge < -0.3 is 0 Å². The molecule has 116 valence electrons. The highest BCUT2D eigenvalue weighted by Crippen LogP contribution is 2.27. The molecule has 0 aliphatic carbocycles. The highest BCUT2D eigenvalue weighted by molar-refractivity contribution is 5.96. The van der Waals surface area contributed by atoms with Gasteiger partial charge in [0.05, 0.1) is 0 Å². The second-order valence-electron chi connectivity index (χ2n) is 5.55. The number of unbranched alkanes of at least 4 members (excludes halogenated alkanes) is 1. The van der Waals surface area contributed by atoms with Gasteiger partial charge >= 0.3 is 0 Å². The number of rotatable bonds is 5. The van der Waals surface area contributed by atoms with Crippen LogP contribution in [0.4, 0.5) is 0 Å². The lowest BCUT2D eigenvalue weighted by atomic mass is 9.99. The van der Waals surface area contributed by atoms with Crippen molar-refractivity contribution in [1.29, 1.82) is 0 Å². The SMILES string of the molecule is CCCCN=c1ccc(-c2cccc3ccccc23)cn1C=O. The molecule has 3 rings (SSSR count). The van der Waals surface area contributed by atoms with Gasteiger partial charge in [-0.3, -0.25) is 14.4 Å². The minimum absolute atomic E-state index is 0.706. The lowest BCUT2D eigenvalue weighted by Crippen LogP contribution is -2.20. The first-order valence-corrected chi connectivity index (χ1v) is 7.99. The van der Waals surface area contributed by atoms with Gasteiger partial charge in [-0.25, -0.2) is 0 Å². The minimum Gasteiger partial charge on any atom is -0.278 e. The summed E-state index contributed by atoms with van der Waals surface area (Å²) in [6.07, 6.45) is 4.81. The average Bonchev–Trinajstić information content (AvgIpc) is 2.61. The zero-order chi connectivity index (χ0) is 16.1. The molecule has 0 saturated heterocycles. The van der Waals surface area contributed by atoms with Crippen LogP contribution >= 0.6 is 0 Å². The van der Waals surface area contributed by atoms with E-state index in [0.29, 0.717) is 5.49 Å². The summed E-state index contributed by atoms with van der Waals surface area (Å²) < 4.78 is 1.56.